The van der Waals surface area contributed by atoms with E-state index in [-0.39, 0.29) is 4.90 Å². The zero-order valence-electron chi connectivity index (χ0n) is 11.7. The third kappa shape index (κ3) is 2.87. The van der Waals surface area contributed by atoms with Crippen LogP contribution in [0, 0.1) is 18.8 Å². The first-order chi connectivity index (χ1) is 9.56. The van der Waals surface area contributed by atoms with E-state index in [1.54, 1.807) is 24.3 Å². The van der Waals surface area contributed by atoms with Crippen LogP contribution in [0.5, 0.6) is 0 Å². The summed E-state index contributed by atoms with van der Waals surface area (Å²) < 4.78 is 24.3. The van der Waals surface area contributed by atoms with Crippen molar-refractivity contribution in [2.75, 3.05) is 0 Å². The largest absolute Gasteiger partial charge is 0.276 e. The predicted molar refractivity (Wildman–Crippen MR) is 79.0 cm³/mol. The van der Waals surface area contributed by atoms with Crippen molar-refractivity contribution in [2.24, 2.45) is 16.9 Å². The number of fused-ring (bicyclic) bond motifs is 1. The maximum absolute atomic E-state index is 12.2. The molecule has 0 aromatic heterocycles. The SMILES string of the molecule is Cc1ccc(S(=O)(=O)N/N=C2\CCCC[C@@H]3C[C@H]23)cc1. The first kappa shape index (κ1) is 13.6. The number of rotatable bonds is 3. The molecule has 0 unspecified atom stereocenters. The summed E-state index contributed by atoms with van der Waals surface area (Å²) >= 11 is 0. The lowest BCUT2D eigenvalue weighted by Gasteiger charge is -2.07. The van der Waals surface area contributed by atoms with Crippen LogP contribution in [0.2, 0.25) is 0 Å². The molecule has 0 spiro atoms. The van der Waals surface area contributed by atoms with Crippen LogP contribution in [0.25, 0.3) is 0 Å². The van der Waals surface area contributed by atoms with Crippen molar-refractivity contribution in [1.29, 1.82) is 0 Å². The number of nitrogens with zero attached hydrogens (tertiary/aromatic N) is 1. The van der Waals surface area contributed by atoms with Gasteiger partial charge in [0.2, 0.25) is 0 Å². The number of aryl methyl sites for hydroxylation is 1. The predicted octanol–water partition coefficient (Wildman–Crippen LogP) is 2.84. The molecule has 2 atom stereocenters. The Morgan fingerprint density at radius 3 is 2.70 bits per heavy atom. The summed E-state index contributed by atoms with van der Waals surface area (Å²) in [6.45, 7) is 1.93. The summed E-state index contributed by atoms with van der Waals surface area (Å²) in [7, 11) is -3.53. The Labute approximate surface area is 120 Å². The Morgan fingerprint density at radius 2 is 1.95 bits per heavy atom. The maximum atomic E-state index is 12.2. The molecule has 2 aliphatic carbocycles. The Kier molecular flexibility index (Phi) is 3.54. The molecule has 1 aromatic carbocycles. The quantitative estimate of drug-likeness (QED) is 0.871. The summed E-state index contributed by atoms with van der Waals surface area (Å²) in [4.78, 5) is 2.68. The monoisotopic (exact) mass is 292 g/mol. The number of benzene rings is 1. The van der Waals surface area contributed by atoms with Crippen molar-refractivity contribution < 1.29 is 8.42 Å². The molecule has 2 fully saturated rings. The van der Waals surface area contributed by atoms with Gasteiger partial charge in [0, 0.05) is 11.6 Å². The van der Waals surface area contributed by atoms with Gasteiger partial charge < -0.3 is 0 Å². The fraction of sp³-hybridized carbons (Fsp3) is 0.533. The molecule has 5 heteroatoms. The number of sulfonamides is 1. The van der Waals surface area contributed by atoms with Gasteiger partial charge in [0.15, 0.2) is 0 Å². The third-order valence-electron chi connectivity index (χ3n) is 4.25. The van der Waals surface area contributed by atoms with Crippen molar-refractivity contribution in [1.82, 2.24) is 4.83 Å². The first-order valence-corrected chi connectivity index (χ1v) is 8.69. The van der Waals surface area contributed by atoms with Crippen LogP contribution in [0.4, 0.5) is 0 Å². The maximum Gasteiger partial charge on any atom is 0.276 e. The van der Waals surface area contributed by atoms with Gasteiger partial charge in [0.25, 0.3) is 10.0 Å². The minimum absolute atomic E-state index is 0.272. The van der Waals surface area contributed by atoms with E-state index >= 15 is 0 Å². The topological polar surface area (TPSA) is 58.5 Å². The number of hydrogen-bond acceptors (Lipinski definition) is 3. The zero-order chi connectivity index (χ0) is 14.2. The Bertz CT molecular complexity index is 620. The highest BCUT2D eigenvalue weighted by atomic mass is 32.2. The highest BCUT2D eigenvalue weighted by Gasteiger charge is 2.41. The van der Waals surface area contributed by atoms with Crippen molar-refractivity contribution in [3.05, 3.63) is 29.8 Å². The standard InChI is InChI=1S/C15H20N2O2S/c1-11-6-8-13(9-7-11)20(18,19)17-16-15-5-3-2-4-12-10-14(12)15/h6-9,12,14,17H,2-5,10H2,1H3/b16-15+/t12-,14+/m1/s1. The molecule has 1 aromatic rings. The lowest BCUT2D eigenvalue weighted by molar-refractivity contribution is 0.584. The molecule has 2 saturated carbocycles. The van der Waals surface area contributed by atoms with Gasteiger partial charge in [-0.25, -0.2) is 4.83 Å². The molecular weight excluding hydrogens is 272 g/mol. The number of hydrazone groups is 1. The van der Waals surface area contributed by atoms with Gasteiger partial charge in [0.05, 0.1) is 4.90 Å². The van der Waals surface area contributed by atoms with Crippen LogP contribution < -0.4 is 4.83 Å². The molecule has 0 heterocycles. The second kappa shape index (κ2) is 5.20. The summed E-state index contributed by atoms with van der Waals surface area (Å²) in [6, 6.07) is 6.82. The Morgan fingerprint density at radius 1 is 1.20 bits per heavy atom. The van der Waals surface area contributed by atoms with Crippen molar-refractivity contribution >= 4 is 15.7 Å². The van der Waals surface area contributed by atoms with E-state index in [1.807, 2.05) is 6.92 Å². The minimum atomic E-state index is -3.53. The highest BCUT2D eigenvalue weighted by molar-refractivity contribution is 7.89. The van der Waals surface area contributed by atoms with Gasteiger partial charge in [0.1, 0.15) is 0 Å². The smallest absolute Gasteiger partial charge is 0.200 e. The second-order valence-corrected chi connectivity index (χ2v) is 7.52. The average Bonchev–Trinajstić information content (AvgIpc) is 3.17. The lowest BCUT2D eigenvalue weighted by atomic mass is 10.1. The molecule has 3 rings (SSSR count). The fourth-order valence-corrected chi connectivity index (χ4v) is 3.74. The fourth-order valence-electron chi connectivity index (χ4n) is 2.90. The van der Waals surface area contributed by atoms with Crippen LogP contribution in [-0.4, -0.2) is 14.1 Å². The summed E-state index contributed by atoms with van der Waals surface area (Å²) in [5.41, 5.74) is 2.09. The molecule has 2 aliphatic rings. The van der Waals surface area contributed by atoms with E-state index in [0.29, 0.717) is 5.92 Å². The van der Waals surface area contributed by atoms with Gasteiger partial charge in [-0.3, -0.25) is 0 Å². The van der Waals surface area contributed by atoms with Crippen LogP contribution in [-0.2, 0) is 10.0 Å². The van der Waals surface area contributed by atoms with Crippen LogP contribution in [0.15, 0.2) is 34.3 Å². The highest BCUT2D eigenvalue weighted by Crippen LogP contribution is 2.46. The Balaban J connectivity index is 1.75. The molecule has 0 aliphatic heterocycles. The first-order valence-electron chi connectivity index (χ1n) is 7.21. The van der Waals surface area contributed by atoms with E-state index in [0.717, 1.165) is 30.0 Å². The minimum Gasteiger partial charge on any atom is -0.200 e. The number of hydrogen-bond donors (Lipinski definition) is 1. The summed E-state index contributed by atoms with van der Waals surface area (Å²) in [6.07, 6.45) is 5.75. The molecule has 1 N–H and O–H groups in total. The van der Waals surface area contributed by atoms with Crippen molar-refractivity contribution in [2.45, 2.75) is 43.9 Å². The molecule has 0 radical (unpaired) electrons. The third-order valence-corrected chi connectivity index (χ3v) is 5.47. The number of nitrogens with one attached hydrogen (secondary N) is 1. The van der Waals surface area contributed by atoms with Crippen LogP contribution in [0.1, 0.15) is 37.7 Å². The van der Waals surface area contributed by atoms with Gasteiger partial charge in [-0.05, 0) is 50.7 Å². The molecule has 108 valence electrons. The summed E-state index contributed by atoms with van der Waals surface area (Å²) in [5, 5.41) is 4.22. The molecule has 0 saturated heterocycles. The molecule has 0 bridgehead atoms. The van der Waals surface area contributed by atoms with Crippen LogP contribution in [0.3, 0.4) is 0 Å². The van der Waals surface area contributed by atoms with E-state index in [9.17, 15) is 8.42 Å². The van der Waals surface area contributed by atoms with E-state index in [4.69, 9.17) is 0 Å². The van der Waals surface area contributed by atoms with Gasteiger partial charge >= 0.3 is 0 Å². The second-order valence-electron chi connectivity index (χ2n) is 5.86. The molecular formula is C15H20N2O2S. The van der Waals surface area contributed by atoms with E-state index in [1.165, 1.54) is 19.3 Å². The molecule has 0 amide bonds. The van der Waals surface area contributed by atoms with Gasteiger partial charge in [-0.1, -0.05) is 24.1 Å². The van der Waals surface area contributed by atoms with Crippen molar-refractivity contribution in [3.8, 4) is 0 Å². The van der Waals surface area contributed by atoms with Gasteiger partial charge in [-0.2, -0.15) is 13.5 Å². The average molecular weight is 292 g/mol. The molecule has 20 heavy (non-hydrogen) atoms. The summed E-state index contributed by atoms with van der Waals surface area (Å²) in [5.74, 6) is 1.28. The van der Waals surface area contributed by atoms with Crippen LogP contribution >= 0.6 is 0 Å². The van der Waals surface area contributed by atoms with Gasteiger partial charge in [-0.15, -0.1) is 0 Å². The zero-order valence-corrected chi connectivity index (χ0v) is 12.5. The van der Waals surface area contributed by atoms with E-state index in [2.05, 4.69) is 9.93 Å². The Hall–Kier alpha value is -1.36. The lowest BCUT2D eigenvalue weighted by Crippen LogP contribution is -2.21. The van der Waals surface area contributed by atoms with Crippen molar-refractivity contribution in [3.63, 3.8) is 0 Å². The van der Waals surface area contributed by atoms with E-state index < -0.39 is 10.0 Å². The molecule has 4 nitrogen and oxygen atoms in total. The normalized spacial score (nSPS) is 27.8.